The third-order valence-electron chi connectivity index (χ3n) is 16.3. The van der Waals surface area contributed by atoms with E-state index in [-0.39, 0.29) is 63.2 Å². The van der Waals surface area contributed by atoms with Gasteiger partial charge < -0.3 is 15.8 Å². The highest BCUT2D eigenvalue weighted by molar-refractivity contribution is 9.93. The number of hydrogen-bond acceptors (Lipinski definition) is 22. The molecule has 114 heavy (non-hydrogen) atoms. The molecule has 0 fully saturated rings. The summed E-state index contributed by atoms with van der Waals surface area (Å²) < 4.78 is 14.0. The topological polar surface area (TPSA) is 328 Å². The first-order chi connectivity index (χ1) is 53.3. The number of carbonyl (C=O) groups is 1. The van der Waals surface area contributed by atoms with Crippen molar-refractivity contribution in [3.63, 3.8) is 0 Å². The van der Waals surface area contributed by atoms with Crippen LogP contribution in [0.4, 0.5) is 10.0 Å². The van der Waals surface area contributed by atoms with Crippen molar-refractivity contribution in [2.24, 2.45) is 63.7 Å². The number of aldehydes is 1. The number of nitrogens with zero attached hydrogens (tertiary/aromatic N) is 9. The number of H-pyrrole nitrogens is 1. The minimum absolute atomic E-state index is 0.200. The molecule has 37 heteroatoms. The molecule has 25 nitrogen and oxygen atoms in total. The number of aryl methyl sites for hydroxylation is 8. The fourth-order valence-electron chi connectivity index (χ4n) is 10.9. The largest absolute Gasteiger partial charge is 0.390 e. The summed E-state index contributed by atoms with van der Waals surface area (Å²) in [4.78, 5) is 150. The van der Waals surface area contributed by atoms with Crippen LogP contribution in [-0.2, 0) is 103 Å². The zero-order valence-corrected chi connectivity index (χ0v) is 83.2. The number of aromatic nitrogens is 10. The van der Waals surface area contributed by atoms with Gasteiger partial charge in [-0.05, 0) is 161 Å². The van der Waals surface area contributed by atoms with Crippen LogP contribution in [0.2, 0.25) is 0 Å². The second-order valence-electron chi connectivity index (χ2n) is 28.6. The lowest BCUT2D eigenvalue weighted by Gasteiger charge is -2.11. The smallest absolute Gasteiger partial charge is 0.373 e. The maximum Gasteiger partial charge on any atom is 0.373 e. The fraction of sp³-hybridized carbons (Fsp3) is 0.506. The molecule has 0 atom stereocenters. The molecule has 0 bridgehead atoms. The van der Waals surface area contributed by atoms with Crippen molar-refractivity contribution in [3.05, 3.63) is 172 Å². The molecule has 4 N–H and O–H groups in total. The summed E-state index contributed by atoms with van der Waals surface area (Å²) in [5, 5.41) is 16.2. The predicted molar refractivity (Wildman–Crippen MR) is 494 cm³/mol. The standard InChI is InChI=1S/C17H21BrN4O2S.C12H14Br2N2O2S.C12H15BrN2O2S.C12H16N2O2S.C11H19NS.C7H11NS.C4H8O.2CO2.Br2/c1-8(2)7-22-16-13(15(23)21(5)17(22)24)14(18)12(25-16)6-11-9(3)19-20-10(11)4;1-6(2)5-16-11-8(9(14)7(4-13)19-11)10(17)15(3)12(16)18;1-6(2)5-15-11-8(9(13)7(3)18-11)10(16)14(4)12(15)17;1-7(2)6-14-11-9(5-8(3)17-11)10(15)13(4)12(14)16;1-5-10-6-9(4)13-11(10)12-7-8(2)3;1-3-6-4-5(2)9-7(6)8;1-4(2)3-5;2*2-1-3;1-2/h8H,6-7H2,1-5H3,(H,19,20);6H,4-5H2,1-3H3;6H,5H2,1-4H3;5,7H,6H2,1-4H3;6,8,12H,5,7H2,1-4H3;4H,3,8H2,1-2H3;3-4H,1-2H3;;;. The first kappa shape index (κ1) is 104. The number of nitrogens with two attached hydrogens (primary N) is 1. The molecular weight excluding hydrogens is 1970 g/mol. The number of alkyl halides is 1. The van der Waals surface area contributed by atoms with E-state index in [1.165, 1.54) is 118 Å². The van der Waals surface area contributed by atoms with Crippen molar-refractivity contribution in [3.8, 4) is 0 Å². The number of thiophene rings is 6. The quantitative estimate of drug-likeness (QED) is 0.0563. The fourth-order valence-corrected chi connectivity index (χ4v) is 20.6. The normalized spacial score (nSPS) is 10.7. The molecular formula is C77H104Br6N12O13S6. The Bertz CT molecular complexity index is 5610. The van der Waals surface area contributed by atoms with Crippen molar-refractivity contribution >= 4 is 229 Å². The van der Waals surface area contributed by atoms with Crippen LogP contribution >= 0.6 is 160 Å². The average Bonchev–Trinajstić information content (AvgIpc) is 1.61. The number of fused-ring (bicyclic) bond motifs is 4. The van der Waals surface area contributed by atoms with Crippen LogP contribution in [0.5, 0.6) is 0 Å². The number of halogens is 6. The SMILES string of the molecule is BrBr.CC(C)C=O.CC(C)Cn1c(=O)n(C)c(=O)c2c(Br)c(CBr)sc21.CCc1cc(C)sc1N.CCc1cc(C)sc1NCC(C)C.Cc1cc2c(=O)n(C)c(=O)n(CC(C)C)c2s1.Cc1n[nH]c(C)c1Cc1sc2c(c1Br)c(=O)n(C)c(=O)n2CC(C)C.Cc1sc2c(c1Br)c(=O)n(C)c(=O)n2CC(C)C.O=C=O.O=C=O. The van der Waals surface area contributed by atoms with Gasteiger partial charge in [-0.15, -0.1) is 68.0 Å². The Labute approximate surface area is 735 Å². The Morgan fingerprint density at radius 2 is 0.851 bits per heavy atom. The zero-order valence-electron chi connectivity index (χ0n) is 68.8. The predicted octanol–water partition coefficient (Wildman–Crippen LogP) is 17.7. The highest BCUT2D eigenvalue weighted by Crippen LogP contribution is 2.38. The summed E-state index contributed by atoms with van der Waals surface area (Å²) in [7, 11) is 6.13. The van der Waals surface area contributed by atoms with Crippen LogP contribution < -0.4 is 56.0 Å². The molecule has 628 valence electrons. The Balaban J connectivity index is 0.000000457. The van der Waals surface area contributed by atoms with Crippen molar-refractivity contribution in [1.29, 1.82) is 0 Å². The monoisotopic (exact) mass is 2070 g/mol. The summed E-state index contributed by atoms with van der Waals surface area (Å²) >= 11 is 29.0. The first-order valence-electron chi connectivity index (χ1n) is 36.0. The van der Waals surface area contributed by atoms with Gasteiger partial charge in [-0.2, -0.15) is 24.3 Å². The van der Waals surface area contributed by atoms with Crippen LogP contribution in [-0.4, -0.2) is 71.9 Å². The van der Waals surface area contributed by atoms with Gasteiger partial charge in [-0.25, -0.2) is 19.2 Å². The lowest BCUT2D eigenvalue weighted by Crippen LogP contribution is -2.38. The Morgan fingerprint density at radius 1 is 0.500 bits per heavy atom. The van der Waals surface area contributed by atoms with E-state index in [4.69, 9.17) is 24.9 Å². The second-order valence-corrected chi connectivity index (χ2v) is 38.7. The van der Waals surface area contributed by atoms with Gasteiger partial charge in [0.05, 0.1) is 37.2 Å². The van der Waals surface area contributed by atoms with E-state index >= 15 is 0 Å². The molecule has 11 heterocycles. The Kier molecular flexibility index (Phi) is 45.2. The molecule has 0 saturated carbocycles. The van der Waals surface area contributed by atoms with E-state index in [0.717, 1.165) is 99.9 Å². The van der Waals surface area contributed by atoms with Crippen molar-refractivity contribution in [2.75, 3.05) is 17.6 Å². The third kappa shape index (κ3) is 28.1. The maximum atomic E-state index is 12.7. The highest BCUT2D eigenvalue weighted by Gasteiger charge is 2.24. The molecule has 0 aromatic carbocycles. The van der Waals surface area contributed by atoms with Crippen LogP contribution in [0.3, 0.4) is 0 Å². The zero-order chi connectivity index (χ0) is 87.5. The lowest BCUT2D eigenvalue weighted by atomic mass is 10.1. The summed E-state index contributed by atoms with van der Waals surface area (Å²) in [6.45, 7) is 44.6. The molecule has 11 aromatic heterocycles. The molecule has 0 spiro atoms. The minimum atomic E-state index is -0.262. The van der Waals surface area contributed by atoms with E-state index in [0.29, 0.717) is 89.1 Å². The van der Waals surface area contributed by atoms with E-state index in [2.05, 4.69) is 217 Å². The van der Waals surface area contributed by atoms with Crippen molar-refractivity contribution in [2.45, 2.75) is 189 Å². The summed E-state index contributed by atoms with van der Waals surface area (Å²) in [5.41, 5.74) is 9.62. The van der Waals surface area contributed by atoms with E-state index in [1.54, 1.807) is 29.6 Å². The van der Waals surface area contributed by atoms with Gasteiger partial charge in [0, 0.05) is 161 Å². The molecule has 0 saturated heterocycles. The number of hydrogen-bond donors (Lipinski definition) is 3. The molecule has 11 rings (SSSR count). The van der Waals surface area contributed by atoms with Crippen LogP contribution in [0.1, 0.15) is 154 Å². The number of aromatic amines is 1. The number of rotatable bonds is 17. The van der Waals surface area contributed by atoms with Crippen molar-refractivity contribution in [1.82, 2.24) is 46.7 Å². The maximum absolute atomic E-state index is 12.7. The summed E-state index contributed by atoms with van der Waals surface area (Å²) in [6.07, 6.45) is 4.27. The highest BCUT2D eigenvalue weighted by atomic mass is 80.9. The molecule has 0 unspecified atom stereocenters. The van der Waals surface area contributed by atoms with Crippen LogP contribution in [0.15, 0.2) is 70.0 Å². The number of nitrogens with one attached hydrogen (secondary N) is 2. The van der Waals surface area contributed by atoms with E-state index in [1.807, 2.05) is 58.9 Å². The van der Waals surface area contributed by atoms with Gasteiger partial charge in [0.2, 0.25) is 0 Å². The number of nitrogen functional groups attached to an aromatic ring is 1. The first-order valence-corrected chi connectivity index (χ1v) is 48.2. The van der Waals surface area contributed by atoms with Gasteiger partial charge in [-0.3, -0.25) is 60.8 Å². The lowest BCUT2D eigenvalue weighted by molar-refractivity contribution is -0.193. The Morgan fingerprint density at radius 3 is 1.19 bits per heavy atom. The average molecular weight is 2080 g/mol. The van der Waals surface area contributed by atoms with Gasteiger partial charge in [0.1, 0.15) is 25.6 Å². The van der Waals surface area contributed by atoms with Gasteiger partial charge >= 0.3 is 35.1 Å². The molecule has 11 aromatic rings. The molecule has 0 radical (unpaired) electrons. The third-order valence-corrected chi connectivity index (χ3v) is 27.4. The van der Waals surface area contributed by atoms with E-state index < -0.39 is 0 Å². The summed E-state index contributed by atoms with van der Waals surface area (Å²) in [5.74, 6) is 2.29. The van der Waals surface area contributed by atoms with Crippen molar-refractivity contribution < 1.29 is 24.0 Å². The van der Waals surface area contributed by atoms with Gasteiger partial charge in [-0.1, -0.05) is 113 Å². The van der Waals surface area contributed by atoms with E-state index in [9.17, 15) is 43.2 Å². The minimum Gasteiger partial charge on any atom is -0.390 e. The molecule has 0 aliphatic heterocycles. The second kappa shape index (κ2) is 49.5. The molecule has 0 amide bonds. The van der Waals surface area contributed by atoms with Crippen LogP contribution in [0, 0.1) is 77.0 Å². The number of anilines is 2. The number of carbonyl (C=O) groups excluding carboxylic acids is 5. The summed E-state index contributed by atoms with van der Waals surface area (Å²) in [6, 6.07) is 6.30. The van der Waals surface area contributed by atoms with Crippen LogP contribution in [0.25, 0.3) is 40.9 Å². The molecule has 0 aliphatic rings. The molecule has 0 aliphatic carbocycles. The Hall–Kier alpha value is -5.92. The van der Waals surface area contributed by atoms with Gasteiger partial charge in [0.25, 0.3) is 22.2 Å². The van der Waals surface area contributed by atoms with Gasteiger partial charge in [0.15, 0.2) is 0 Å².